The summed E-state index contributed by atoms with van der Waals surface area (Å²) in [6.07, 6.45) is -3.12. The molecule has 0 saturated carbocycles. The molecule has 0 aliphatic carbocycles. The van der Waals surface area contributed by atoms with Crippen molar-refractivity contribution in [3.8, 4) is 11.5 Å². The predicted molar refractivity (Wildman–Crippen MR) is 87.8 cm³/mol. The lowest BCUT2D eigenvalue weighted by Gasteiger charge is -2.08. The van der Waals surface area contributed by atoms with Crippen LogP contribution in [0, 0.1) is 0 Å². The largest absolute Gasteiger partial charge is 0.506 e. The molecule has 0 saturated heterocycles. The molecule has 122 valence electrons. The van der Waals surface area contributed by atoms with Gasteiger partial charge in [0, 0.05) is 5.56 Å². The first-order chi connectivity index (χ1) is 10.7. The maximum absolute atomic E-state index is 12.4. The summed E-state index contributed by atoms with van der Waals surface area (Å²) in [4.78, 5) is 0. The predicted octanol–water partition coefficient (Wildman–Crippen LogP) is 5.09. The normalized spacial score (nSPS) is 11.9. The molecule has 23 heavy (non-hydrogen) atoms. The van der Waals surface area contributed by atoms with Gasteiger partial charge in [-0.2, -0.15) is 18.3 Å². The number of hydrazone groups is 1. The number of anilines is 1. The molecule has 0 heterocycles. The molecule has 0 aromatic heterocycles. The number of benzene rings is 2. The van der Waals surface area contributed by atoms with E-state index < -0.39 is 11.7 Å². The van der Waals surface area contributed by atoms with Crippen molar-refractivity contribution in [3.63, 3.8) is 0 Å². The Hall–Kier alpha value is -1.74. The quantitative estimate of drug-likeness (QED) is 0.448. The number of alkyl halides is 3. The number of aromatic hydroxyl groups is 2. The van der Waals surface area contributed by atoms with Gasteiger partial charge in [0.15, 0.2) is 0 Å². The van der Waals surface area contributed by atoms with Crippen LogP contribution in [0.4, 0.5) is 18.9 Å². The smallest absolute Gasteiger partial charge is 0.416 e. The third-order valence-corrected chi connectivity index (χ3v) is 4.16. The molecule has 9 heteroatoms. The van der Waals surface area contributed by atoms with Gasteiger partial charge in [-0.3, -0.25) is 5.43 Å². The van der Waals surface area contributed by atoms with Crippen molar-refractivity contribution in [2.45, 2.75) is 6.18 Å². The van der Waals surface area contributed by atoms with Crippen molar-refractivity contribution in [3.05, 3.63) is 50.4 Å². The highest BCUT2D eigenvalue weighted by molar-refractivity contribution is 9.11. The molecule has 0 bridgehead atoms. The minimum atomic E-state index is -4.39. The van der Waals surface area contributed by atoms with Crippen LogP contribution in [0.15, 0.2) is 44.4 Å². The van der Waals surface area contributed by atoms with E-state index in [0.717, 1.165) is 12.1 Å². The summed E-state index contributed by atoms with van der Waals surface area (Å²) in [5.74, 6) is -0.376. The summed E-state index contributed by atoms with van der Waals surface area (Å²) in [6, 6.07) is 5.78. The Morgan fingerprint density at radius 3 is 2.22 bits per heavy atom. The SMILES string of the molecule is Oc1c(Br)cc(C=NNc2ccc(C(F)(F)F)cc2)c(O)c1Br. The second kappa shape index (κ2) is 6.79. The van der Waals surface area contributed by atoms with E-state index in [2.05, 4.69) is 42.4 Å². The Kier molecular flexibility index (Phi) is 5.20. The summed E-state index contributed by atoms with van der Waals surface area (Å²) in [7, 11) is 0. The fourth-order valence-corrected chi connectivity index (χ4v) is 2.78. The number of rotatable bonds is 3. The maximum atomic E-state index is 12.4. The van der Waals surface area contributed by atoms with Gasteiger partial charge in [-0.15, -0.1) is 0 Å². The first kappa shape index (κ1) is 17.6. The molecule has 3 N–H and O–H groups in total. The molecule has 2 rings (SSSR count). The molecule has 0 aliphatic rings. The Morgan fingerprint density at radius 2 is 1.65 bits per heavy atom. The summed E-state index contributed by atoms with van der Waals surface area (Å²) in [5.41, 5.74) is 2.44. The van der Waals surface area contributed by atoms with Crippen molar-refractivity contribution in [1.29, 1.82) is 0 Å². The van der Waals surface area contributed by atoms with Crippen LogP contribution in [0.25, 0.3) is 0 Å². The average Bonchev–Trinajstić information content (AvgIpc) is 2.50. The van der Waals surface area contributed by atoms with Crippen LogP contribution in [0.3, 0.4) is 0 Å². The van der Waals surface area contributed by atoms with Gasteiger partial charge in [0.1, 0.15) is 16.0 Å². The van der Waals surface area contributed by atoms with Gasteiger partial charge >= 0.3 is 6.18 Å². The lowest BCUT2D eigenvalue weighted by atomic mass is 10.2. The van der Waals surface area contributed by atoms with Crippen LogP contribution in [0.1, 0.15) is 11.1 Å². The monoisotopic (exact) mass is 452 g/mol. The Labute approximate surface area is 145 Å². The van der Waals surface area contributed by atoms with E-state index in [-0.39, 0.29) is 16.0 Å². The van der Waals surface area contributed by atoms with E-state index in [1.54, 1.807) is 0 Å². The van der Waals surface area contributed by atoms with Gasteiger partial charge < -0.3 is 10.2 Å². The maximum Gasteiger partial charge on any atom is 0.416 e. The molecule has 0 fully saturated rings. The molecule has 0 amide bonds. The van der Waals surface area contributed by atoms with Crippen LogP contribution in [0.5, 0.6) is 11.5 Å². The van der Waals surface area contributed by atoms with E-state index in [4.69, 9.17) is 0 Å². The number of nitrogens with one attached hydrogen (secondary N) is 1. The summed E-state index contributed by atoms with van der Waals surface area (Å²) in [5, 5.41) is 23.3. The molecule has 0 atom stereocenters. The van der Waals surface area contributed by atoms with Gasteiger partial charge in [0.05, 0.1) is 21.9 Å². The Bertz CT molecular complexity index is 747. The fourth-order valence-electron chi connectivity index (χ4n) is 1.63. The summed E-state index contributed by atoms with van der Waals surface area (Å²) in [6.45, 7) is 0. The lowest BCUT2D eigenvalue weighted by molar-refractivity contribution is -0.137. The highest BCUT2D eigenvalue weighted by atomic mass is 79.9. The highest BCUT2D eigenvalue weighted by Gasteiger charge is 2.29. The van der Waals surface area contributed by atoms with E-state index in [1.807, 2.05) is 0 Å². The minimum absolute atomic E-state index is 0.0999. The van der Waals surface area contributed by atoms with Gasteiger partial charge in [-0.25, -0.2) is 0 Å². The molecule has 0 radical (unpaired) electrons. The van der Waals surface area contributed by atoms with E-state index >= 15 is 0 Å². The number of hydrogen-bond acceptors (Lipinski definition) is 4. The zero-order chi connectivity index (χ0) is 17.2. The van der Waals surface area contributed by atoms with Crippen molar-refractivity contribution in [2.75, 3.05) is 5.43 Å². The minimum Gasteiger partial charge on any atom is -0.506 e. The van der Waals surface area contributed by atoms with E-state index in [9.17, 15) is 23.4 Å². The third-order valence-electron chi connectivity index (χ3n) is 2.81. The molecule has 0 unspecified atom stereocenters. The molecule has 4 nitrogen and oxygen atoms in total. The second-order valence-electron chi connectivity index (χ2n) is 4.40. The van der Waals surface area contributed by atoms with Crippen molar-refractivity contribution >= 4 is 43.8 Å². The number of phenols is 2. The topological polar surface area (TPSA) is 64.9 Å². The number of hydrogen-bond donors (Lipinski definition) is 3. The van der Waals surface area contributed by atoms with E-state index in [0.29, 0.717) is 15.7 Å². The average molecular weight is 454 g/mol. The van der Waals surface area contributed by atoms with Gasteiger partial charge in [0.25, 0.3) is 0 Å². The number of halogens is 5. The van der Waals surface area contributed by atoms with Crippen molar-refractivity contribution in [2.24, 2.45) is 5.10 Å². The third kappa shape index (κ3) is 4.17. The molecular weight excluding hydrogens is 445 g/mol. The molecule has 2 aromatic carbocycles. The van der Waals surface area contributed by atoms with E-state index in [1.165, 1.54) is 24.4 Å². The van der Waals surface area contributed by atoms with Crippen molar-refractivity contribution < 1.29 is 23.4 Å². The Balaban J connectivity index is 2.14. The lowest BCUT2D eigenvalue weighted by Crippen LogP contribution is -2.04. The van der Waals surface area contributed by atoms with Crippen LogP contribution < -0.4 is 5.43 Å². The van der Waals surface area contributed by atoms with Crippen molar-refractivity contribution in [1.82, 2.24) is 0 Å². The molecule has 0 spiro atoms. The zero-order valence-corrected chi connectivity index (χ0v) is 14.4. The zero-order valence-electron chi connectivity index (χ0n) is 11.2. The van der Waals surface area contributed by atoms with Gasteiger partial charge in [0.2, 0.25) is 0 Å². The molecule has 0 aliphatic heterocycles. The van der Waals surface area contributed by atoms with Gasteiger partial charge in [-0.05, 0) is 62.2 Å². The van der Waals surface area contributed by atoms with Crippen LogP contribution in [0.2, 0.25) is 0 Å². The van der Waals surface area contributed by atoms with Crippen LogP contribution in [-0.2, 0) is 6.18 Å². The second-order valence-corrected chi connectivity index (χ2v) is 6.05. The standard InChI is InChI=1S/C14H9Br2F3N2O2/c15-10-5-7(12(22)11(16)13(10)23)6-20-21-9-3-1-8(2-4-9)14(17,18)19/h1-6,21-23H. The van der Waals surface area contributed by atoms with Crippen LogP contribution in [-0.4, -0.2) is 16.4 Å². The number of phenolic OH excluding ortho intramolecular Hbond substituents is 2. The number of nitrogens with zero attached hydrogens (tertiary/aromatic N) is 1. The van der Waals surface area contributed by atoms with Crippen LogP contribution >= 0.6 is 31.9 Å². The summed E-state index contributed by atoms with van der Waals surface area (Å²) < 4.78 is 37.8. The first-order valence-electron chi connectivity index (χ1n) is 6.06. The highest BCUT2D eigenvalue weighted by Crippen LogP contribution is 2.40. The molecular formula is C14H9Br2F3N2O2. The Morgan fingerprint density at radius 1 is 1.04 bits per heavy atom. The first-order valence-corrected chi connectivity index (χ1v) is 7.65. The fraction of sp³-hybridized carbons (Fsp3) is 0.0714. The summed E-state index contributed by atoms with van der Waals surface area (Å²) >= 11 is 6.14. The van der Waals surface area contributed by atoms with Gasteiger partial charge in [-0.1, -0.05) is 0 Å². The molecule has 2 aromatic rings.